The predicted molar refractivity (Wildman–Crippen MR) is 98.6 cm³/mol. The molecule has 3 rings (SSSR count). The molecule has 1 aromatic rings. The van der Waals surface area contributed by atoms with Crippen molar-refractivity contribution in [3.63, 3.8) is 0 Å². The quantitative estimate of drug-likeness (QED) is 0.754. The number of rotatable bonds is 5. The number of fused-ring (bicyclic) bond motifs is 1. The second kappa shape index (κ2) is 7.55. The molecule has 8 nitrogen and oxygen atoms in total. The van der Waals surface area contributed by atoms with Crippen LogP contribution in [0.25, 0.3) is 0 Å². The highest BCUT2D eigenvalue weighted by Crippen LogP contribution is 2.41. The zero-order valence-corrected chi connectivity index (χ0v) is 15.8. The monoisotopic (exact) mass is 418 g/mol. The second-order valence-electron chi connectivity index (χ2n) is 5.82. The lowest BCUT2D eigenvalue weighted by atomic mass is 10.2. The van der Waals surface area contributed by atoms with Crippen LogP contribution in [-0.2, 0) is 24.2 Å². The lowest BCUT2D eigenvalue weighted by Gasteiger charge is -2.24. The molecular formula is C15H15ClN2O6S2. The third-order valence-electron chi connectivity index (χ3n) is 3.84. The molecule has 0 radical (unpaired) electrons. The van der Waals surface area contributed by atoms with E-state index in [0.717, 1.165) is 0 Å². The van der Waals surface area contributed by atoms with E-state index in [1.807, 2.05) is 0 Å². The summed E-state index contributed by atoms with van der Waals surface area (Å²) in [5.41, 5.74) is 0.685. The number of carbonyl (C=O) groups excluding carboxylic acids is 1. The first-order chi connectivity index (χ1) is 12.2. The molecule has 0 saturated carbocycles. The number of anilines is 1. The van der Waals surface area contributed by atoms with Crippen molar-refractivity contribution in [2.75, 3.05) is 29.6 Å². The summed E-state index contributed by atoms with van der Waals surface area (Å²) in [6.07, 6.45) is 0. The van der Waals surface area contributed by atoms with Crippen molar-refractivity contribution in [1.82, 2.24) is 0 Å². The summed E-state index contributed by atoms with van der Waals surface area (Å²) in [5, 5.41) is 9.22. The predicted octanol–water partition coefficient (Wildman–Crippen LogP) is 1.04. The van der Waals surface area contributed by atoms with E-state index in [4.69, 9.17) is 21.4 Å². The summed E-state index contributed by atoms with van der Waals surface area (Å²) in [5.74, 6) is -1.80. The molecule has 2 saturated heterocycles. The van der Waals surface area contributed by atoms with Gasteiger partial charge < -0.3 is 14.7 Å². The Bertz CT molecular complexity index is 855. The van der Waals surface area contributed by atoms with Crippen LogP contribution >= 0.6 is 23.4 Å². The van der Waals surface area contributed by atoms with Crippen LogP contribution in [0.5, 0.6) is 0 Å². The molecule has 2 aliphatic heterocycles. The Morgan fingerprint density at radius 1 is 1.27 bits per heavy atom. The van der Waals surface area contributed by atoms with Gasteiger partial charge in [-0.1, -0.05) is 23.4 Å². The molecule has 2 fully saturated rings. The molecule has 2 atom stereocenters. The Morgan fingerprint density at radius 2 is 1.96 bits per heavy atom. The van der Waals surface area contributed by atoms with E-state index < -0.39 is 34.9 Å². The number of carboxylic acid groups (broad SMARTS) is 1. The Balaban J connectivity index is 1.84. The van der Waals surface area contributed by atoms with E-state index in [9.17, 15) is 18.0 Å². The van der Waals surface area contributed by atoms with Crippen LogP contribution in [-0.4, -0.2) is 66.6 Å². The van der Waals surface area contributed by atoms with Gasteiger partial charge in [0.25, 0.3) is 5.91 Å². The fraction of sp³-hybridized carbons (Fsp3) is 0.400. The van der Waals surface area contributed by atoms with Gasteiger partial charge in [0.2, 0.25) is 0 Å². The van der Waals surface area contributed by atoms with Gasteiger partial charge in [0.05, 0.1) is 17.5 Å². The number of benzene rings is 1. The molecule has 140 valence electrons. The molecule has 0 aromatic heterocycles. The molecule has 1 N–H and O–H groups in total. The maximum absolute atomic E-state index is 12.0. The number of aliphatic imine (C=N–C) groups is 1. The van der Waals surface area contributed by atoms with Gasteiger partial charge in [-0.05, 0) is 24.3 Å². The SMILES string of the molecule is O=C(O)COCC(=O)N=C1S[C@@H]2CS(=O)(=O)C[C@@H]2N1c1ccc(Cl)cc1. The van der Waals surface area contributed by atoms with Gasteiger partial charge in [0, 0.05) is 16.0 Å². The molecule has 11 heteroatoms. The molecular weight excluding hydrogens is 404 g/mol. The van der Waals surface area contributed by atoms with Crippen molar-refractivity contribution in [2.45, 2.75) is 11.3 Å². The zero-order valence-electron chi connectivity index (χ0n) is 13.4. The van der Waals surface area contributed by atoms with Gasteiger partial charge in [-0.2, -0.15) is 4.99 Å². The number of sulfone groups is 1. The van der Waals surface area contributed by atoms with Crippen LogP contribution in [0.1, 0.15) is 0 Å². The van der Waals surface area contributed by atoms with E-state index in [0.29, 0.717) is 15.9 Å². The Kier molecular flexibility index (Phi) is 5.56. The maximum Gasteiger partial charge on any atom is 0.329 e. The summed E-state index contributed by atoms with van der Waals surface area (Å²) in [7, 11) is -3.15. The lowest BCUT2D eigenvalue weighted by Crippen LogP contribution is -2.37. The van der Waals surface area contributed by atoms with Crippen LogP contribution in [0.15, 0.2) is 29.3 Å². The number of ether oxygens (including phenoxy) is 1. The Hall–Kier alpha value is -1.62. The molecule has 2 heterocycles. The van der Waals surface area contributed by atoms with Crippen molar-refractivity contribution in [3.8, 4) is 0 Å². The summed E-state index contributed by atoms with van der Waals surface area (Å²) in [6.45, 7) is -1.05. The smallest absolute Gasteiger partial charge is 0.329 e. The summed E-state index contributed by atoms with van der Waals surface area (Å²) >= 11 is 7.14. The van der Waals surface area contributed by atoms with Crippen molar-refractivity contribution >= 4 is 55.9 Å². The third-order valence-corrected chi connectivity index (χ3v) is 7.30. The Labute approximate surface area is 159 Å². The minimum absolute atomic E-state index is 0.0178. The number of halogens is 1. The summed E-state index contributed by atoms with van der Waals surface area (Å²) in [4.78, 5) is 28.1. The number of aliphatic carboxylic acids is 1. The number of thioether (sulfide) groups is 1. The number of amidine groups is 1. The highest BCUT2D eigenvalue weighted by atomic mass is 35.5. The van der Waals surface area contributed by atoms with Crippen molar-refractivity contribution in [2.24, 2.45) is 4.99 Å². The highest BCUT2D eigenvalue weighted by Gasteiger charge is 2.49. The third kappa shape index (κ3) is 4.37. The van der Waals surface area contributed by atoms with Gasteiger partial charge in [-0.3, -0.25) is 4.79 Å². The van der Waals surface area contributed by atoms with Gasteiger partial charge in [0.15, 0.2) is 15.0 Å². The molecule has 0 bridgehead atoms. The van der Waals surface area contributed by atoms with E-state index in [1.54, 1.807) is 29.2 Å². The second-order valence-corrected chi connectivity index (χ2v) is 9.62. The fourth-order valence-electron chi connectivity index (χ4n) is 2.83. The number of carboxylic acids is 1. The van der Waals surface area contributed by atoms with E-state index >= 15 is 0 Å². The lowest BCUT2D eigenvalue weighted by molar-refractivity contribution is -0.143. The van der Waals surface area contributed by atoms with Crippen LogP contribution in [0.4, 0.5) is 5.69 Å². The number of carbonyl (C=O) groups is 2. The van der Waals surface area contributed by atoms with E-state index in [1.165, 1.54) is 11.8 Å². The average molecular weight is 419 g/mol. The van der Waals surface area contributed by atoms with Crippen LogP contribution in [0.3, 0.4) is 0 Å². The average Bonchev–Trinajstić information content (AvgIpc) is 2.99. The summed E-state index contributed by atoms with van der Waals surface area (Å²) < 4.78 is 28.7. The molecule has 0 unspecified atom stereocenters. The van der Waals surface area contributed by atoms with Crippen molar-refractivity contribution < 1.29 is 27.9 Å². The van der Waals surface area contributed by atoms with Crippen molar-refractivity contribution in [3.05, 3.63) is 29.3 Å². The van der Waals surface area contributed by atoms with Gasteiger partial charge in [-0.15, -0.1) is 0 Å². The standard InChI is InChI=1S/C15H15ClN2O6S2/c16-9-1-3-10(4-2-9)18-11-7-26(22,23)8-12(11)25-15(18)17-13(19)5-24-6-14(20)21/h1-4,11-12H,5-8H2,(H,20,21)/t11-,12+/m0/s1. The molecule has 0 spiro atoms. The topological polar surface area (TPSA) is 113 Å². The first-order valence-electron chi connectivity index (χ1n) is 7.58. The molecule has 2 aliphatic rings. The van der Waals surface area contributed by atoms with Crippen LogP contribution in [0, 0.1) is 0 Å². The maximum atomic E-state index is 12.0. The van der Waals surface area contributed by atoms with Gasteiger partial charge in [-0.25, -0.2) is 13.2 Å². The normalized spacial score (nSPS) is 25.4. The van der Waals surface area contributed by atoms with Gasteiger partial charge in [0.1, 0.15) is 13.2 Å². The highest BCUT2D eigenvalue weighted by molar-refractivity contribution is 8.16. The molecule has 0 aliphatic carbocycles. The van der Waals surface area contributed by atoms with Crippen molar-refractivity contribution in [1.29, 1.82) is 0 Å². The molecule has 26 heavy (non-hydrogen) atoms. The largest absolute Gasteiger partial charge is 0.480 e. The number of nitrogens with zero attached hydrogens (tertiary/aromatic N) is 2. The van der Waals surface area contributed by atoms with Gasteiger partial charge >= 0.3 is 5.97 Å². The van der Waals surface area contributed by atoms with E-state index in [-0.39, 0.29) is 22.8 Å². The zero-order chi connectivity index (χ0) is 18.9. The summed E-state index contributed by atoms with van der Waals surface area (Å²) in [6, 6.07) is 6.49. The minimum Gasteiger partial charge on any atom is -0.480 e. The number of amides is 1. The molecule has 1 amide bonds. The fourth-order valence-corrected chi connectivity index (χ4v) is 6.89. The Morgan fingerprint density at radius 3 is 2.62 bits per heavy atom. The molecule has 1 aromatic carbocycles. The first kappa shape index (κ1) is 19.2. The number of hydrogen-bond acceptors (Lipinski definition) is 6. The number of hydrogen-bond donors (Lipinski definition) is 1. The minimum atomic E-state index is -3.15. The first-order valence-corrected chi connectivity index (χ1v) is 10.7. The van der Waals surface area contributed by atoms with Crippen LogP contribution < -0.4 is 4.90 Å². The van der Waals surface area contributed by atoms with E-state index in [2.05, 4.69) is 4.99 Å². The van der Waals surface area contributed by atoms with Crippen LogP contribution in [0.2, 0.25) is 5.02 Å².